The zero-order valence-electron chi connectivity index (χ0n) is 15.7. The van der Waals surface area contributed by atoms with Gasteiger partial charge < -0.3 is 9.80 Å². The molecule has 1 saturated heterocycles. The zero-order valence-corrected chi connectivity index (χ0v) is 15.7. The lowest BCUT2D eigenvalue weighted by molar-refractivity contribution is -0.131. The molecule has 4 rings (SSSR count). The highest BCUT2D eigenvalue weighted by Crippen LogP contribution is 2.16. The summed E-state index contributed by atoms with van der Waals surface area (Å²) in [6.07, 6.45) is 7.04. The highest BCUT2D eigenvalue weighted by atomic mass is 16.2. The number of benzene rings is 1. The number of aryl methyl sites for hydroxylation is 1. The molecule has 1 aliphatic rings. The van der Waals surface area contributed by atoms with Crippen LogP contribution in [0.15, 0.2) is 55.4 Å². The van der Waals surface area contributed by atoms with E-state index in [4.69, 9.17) is 0 Å². The highest BCUT2D eigenvalue weighted by Gasteiger charge is 2.22. The van der Waals surface area contributed by atoms with E-state index in [2.05, 4.69) is 37.1 Å². The van der Waals surface area contributed by atoms with Crippen molar-refractivity contribution in [1.82, 2.24) is 29.6 Å². The Morgan fingerprint density at radius 3 is 2.50 bits per heavy atom. The van der Waals surface area contributed by atoms with Gasteiger partial charge in [0.2, 0.25) is 5.91 Å². The molecule has 0 atom stereocenters. The smallest absolute Gasteiger partial charge is 0.222 e. The second-order valence-electron chi connectivity index (χ2n) is 6.78. The first-order valence-electron chi connectivity index (χ1n) is 9.53. The molecule has 1 amide bonds. The fourth-order valence-electron chi connectivity index (χ4n) is 3.39. The number of hydrogen-bond acceptors (Lipinski definition) is 6. The van der Waals surface area contributed by atoms with Gasteiger partial charge in [0.15, 0.2) is 5.82 Å². The van der Waals surface area contributed by atoms with Gasteiger partial charge >= 0.3 is 0 Å². The van der Waals surface area contributed by atoms with Gasteiger partial charge in [0, 0.05) is 38.7 Å². The van der Waals surface area contributed by atoms with E-state index in [0.29, 0.717) is 25.3 Å². The molecule has 1 aliphatic heterocycles. The van der Waals surface area contributed by atoms with Gasteiger partial charge in [0.25, 0.3) is 0 Å². The normalized spacial score (nSPS) is 14.3. The van der Waals surface area contributed by atoms with Crippen LogP contribution in [0.4, 0.5) is 5.82 Å². The number of anilines is 1. The summed E-state index contributed by atoms with van der Waals surface area (Å²) in [5.74, 6) is 1.76. The molecule has 0 N–H and O–H groups in total. The first-order chi connectivity index (χ1) is 13.8. The van der Waals surface area contributed by atoms with E-state index in [1.807, 2.05) is 29.2 Å². The minimum absolute atomic E-state index is 0.238. The molecule has 8 heteroatoms. The van der Waals surface area contributed by atoms with Crippen LogP contribution in [0.3, 0.4) is 0 Å². The van der Waals surface area contributed by atoms with Crippen LogP contribution in [-0.4, -0.2) is 61.7 Å². The van der Waals surface area contributed by atoms with Crippen molar-refractivity contribution in [2.75, 3.05) is 31.1 Å². The molecule has 8 nitrogen and oxygen atoms in total. The van der Waals surface area contributed by atoms with Gasteiger partial charge in [-0.15, -0.1) is 0 Å². The maximum atomic E-state index is 12.5. The van der Waals surface area contributed by atoms with Gasteiger partial charge in [-0.2, -0.15) is 5.10 Å². The minimum Gasteiger partial charge on any atom is -0.353 e. The van der Waals surface area contributed by atoms with E-state index in [1.54, 1.807) is 11.0 Å². The summed E-state index contributed by atoms with van der Waals surface area (Å²) in [6, 6.07) is 12.2. The van der Waals surface area contributed by atoms with Crippen LogP contribution in [-0.2, 0) is 11.2 Å². The lowest BCUT2D eigenvalue weighted by Gasteiger charge is -2.35. The first kappa shape index (κ1) is 18.1. The topological polar surface area (TPSA) is 80.0 Å². The second kappa shape index (κ2) is 8.60. The van der Waals surface area contributed by atoms with Crippen LogP contribution < -0.4 is 4.90 Å². The van der Waals surface area contributed by atoms with Crippen LogP contribution in [0, 0.1) is 0 Å². The maximum absolute atomic E-state index is 12.5. The summed E-state index contributed by atoms with van der Waals surface area (Å²) in [6.45, 7) is 2.95. The molecule has 1 aromatic carbocycles. The standard InChI is InChI=1S/C20H23N7O/c28-20(8-4-7-17-5-2-1-3-6-17)26-11-9-25(10-12-26)18-13-19(23-15-22-18)27-16-21-14-24-27/h1-3,5-6,13-16H,4,7-12H2. The minimum atomic E-state index is 0.238. The van der Waals surface area contributed by atoms with E-state index in [1.165, 1.54) is 18.2 Å². The average molecular weight is 377 g/mol. The number of amides is 1. The van der Waals surface area contributed by atoms with Crippen molar-refractivity contribution in [2.24, 2.45) is 0 Å². The van der Waals surface area contributed by atoms with Gasteiger partial charge in [0.05, 0.1) is 0 Å². The Hall–Kier alpha value is -3.29. The van der Waals surface area contributed by atoms with Gasteiger partial charge in [0.1, 0.15) is 24.8 Å². The van der Waals surface area contributed by atoms with Gasteiger partial charge in [-0.3, -0.25) is 4.79 Å². The number of nitrogens with zero attached hydrogens (tertiary/aromatic N) is 7. The number of aromatic nitrogens is 5. The lowest BCUT2D eigenvalue weighted by atomic mass is 10.1. The molecule has 144 valence electrons. The van der Waals surface area contributed by atoms with E-state index >= 15 is 0 Å². The average Bonchev–Trinajstić information content (AvgIpc) is 3.30. The Morgan fingerprint density at radius 2 is 1.75 bits per heavy atom. The number of rotatable bonds is 6. The second-order valence-corrected chi connectivity index (χ2v) is 6.78. The Kier molecular flexibility index (Phi) is 5.56. The molecular weight excluding hydrogens is 354 g/mol. The third kappa shape index (κ3) is 4.33. The van der Waals surface area contributed by atoms with Crippen molar-refractivity contribution in [2.45, 2.75) is 19.3 Å². The lowest BCUT2D eigenvalue weighted by Crippen LogP contribution is -2.49. The van der Waals surface area contributed by atoms with Crippen LogP contribution in [0.5, 0.6) is 0 Å². The highest BCUT2D eigenvalue weighted by molar-refractivity contribution is 5.76. The Balaban J connectivity index is 1.27. The largest absolute Gasteiger partial charge is 0.353 e. The van der Waals surface area contributed by atoms with Crippen LogP contribution in [0.25, 0.3) is 5.82 Å². The molecule has 0 bridgehead atoms. The molecule has 0 saturated carbocycles. The number of piperazine rings is 1. The monoisotopic (exact) mass is 377 g/mol. The quantitative estimate of drug-likeness (QED) is 0.651. The van der Waals surface area contributed by atoms with Crippen molar-refractivity contribution in [1.29, 1.82) is 0 Å². The molecule has 0 spiro atoms. The first-order valence-corrected chi connectivity index (χ1v) is 9.53. The van der Waals surface area contributed by atoms with E-state index < -0.39 is 0 Å². The number of carbonyl (C=O) groups excluding carboxylic acids is 1. The molecule has 0 aliphatic carbocycles. The van der Waals surface area contributed by atoms with Crippen LogP contribution in [0.2, 0.25) is 0 Å². The van der Waals surface area contributed by atoms with Crippen molar-refractivity contribution in [3.8, 4) is 5.82 Å². The molecular formula is C20H23N7O. The van der Waals surface area contributed by atoms with E-state index in [9.17, 15) is 4.79 Å². The molecule has 2 aromatic heterocycles. The zero-order chi connectivity index (χ0) is 19.2. The predicted octanol–water partition coefficient (Wildman–Crippen LogP) is 1.73. The summed E-state index contributed by atoms with van der Waals surface area (Å²) >= 11 is 0. The molecule has 3 aromatic rings. The Morgan fingerprint density at radius 1 is 0.964 bits per heavy atom. The summed E-state index contributed by atoms with van der Waals surface area (Å²) < 4.78 is 1.61. The molecule has 28 heavy (non-hydrogen) atoms. The molecule has 0 radical (unpaired) electrons. The Bertz CT molecular complexity index is 890. The maximum Gasteiger partial charge on any atom is 0.222 e. The number of carbonyl (C=O) groups is 1. The third-order valence-electron chi connectivity index (χ3n) is 4.95. The van der Waals surface area contributed by atoms with Gasteiger partial charge in [-0.05, 0) is 18.4 Å². The summed E-state index contributed by atoms with van der Waals surface area (Å²) in [5.41, 5.74) is 1.28. The van der Waals surface area contributed by atoms with E-state index in [0.717, 1.165) is 31.7 Å². The van der Waals surface area contributed by atoms with Crippen molar-refractivity contribution < 1.29 is 4.79 Å². The Labute approximate surface area is 163 Å². The van der Waals surface area contributed by atoms with Gasteiger partial charge in [-0.1, -0.05) is 30.3 Å². The fraction of sp³-hybridized carbons (Fsp3) is 0.350. The van der Waals surface area contributed by atoms with Crippen molar-refractivity contribution >= 4 is 11.7 Å². The molecule has 3 heterocycles. The van der Waals surface area contributed by atoms with Crippen molar-refractivity contribution in [3.05, 3.63) is 60.9 Å². The van der Waals surface area contributed by atoms with E-state index in [-0.39, 0.29) is 5.91 Å². The fourth-order valence-corrected chi connectivity index (χ4v) is 3.39. The summed E-state index contributed by atoms with van der Waals surface area (Å²) in [7, 11) is 0. The van der Waals surface area contributed by atoms with Crippen molar-refractivity contribution in [3.63, 3.8) is 0 Å². The SMILES string of the molecule is O=C(CCCc1ccccc1)N1CCN(c2cc(-n3cncn3)ncn2)CC1. The number of hydrogen-bond donors (Lipinski definition) is 0. The summed E-state index contributed by atoms with van der Waals surface area (Å²) in [5, 5.41) is 4.10. The predicted molar refractivity (Wildman–Crippen MR) is 105 cm³/mol. The molecule has 0 unspecified atom stereocenters. The summed E-state index contributed by atoms with van der Waals surface area (Å²) in [4.78, 5) is 29.2. The third-order valence-corrected chi connectivity index (χ3v) is 4.95. The van der Waals surface area contributed by atoms with Gasteiger partial charge in [-0.25, -0.2) is 19.6 Å². The van der Waals surface area contributed by atoms with Crippen LogP contribution in [0.1, 0.15) is 18.4 Å². The molecule has 1 fully saturated rings. The van der Waals surface area contributed by atoms with Crippen LogP contribution >= 0.6 is 0 Å².